The molecule has 15 heavy (non-hydrogen) atoms. The lowest BCUT2D eigenvalue weighted by molar-refractivity contribution is 0.245. The maximum absolute atomic E-state index is 8.79. The van der Waals surface area contributed by atoms with Gasteiger partial charge in [0, 0.05) is 25.2 Å². The average molecular weight is 204 g/mol. The molecule has 1 aromatic rings. The van der Waals surface area contributed by atoms with Gasteiger partial charge in [-0.3, -0.25) is 4.68 Å². The molecule has 1 aromatic heterocycles. The van der Waals surface area contributed by atoms with Crippen LogP contribution in [0.1, 0.15) is 30.1 Å². The van der Waals surface area contributed by atoms with E-state index in [1.807, 2.05) is 17.8 Å². The summed E-state index contributed by atoms with van der Waals surface area (Å²) in [7, 11) is 4.07. The number of hydrogen-bond acceptors (Lipinski definition) is 3. The molecule has 0 bridgehead atoms. The van der Waals surface area contributed by atoms with Gasteiger partial charge in [-0.2, -0.15) is 10.4 Å². The lowest BCUT2D eigenvalue weighted by Crippen LogP contribution is -2.31. The molecule has 0 spiro atoms. The van der Waals surface area contributed by atoms with Crippen LogP contribution in [0, 0.1) is 11.3 Å². The van der Waals surface area contributed by atoms with E-state index in [9.17, 15) is 0 Å². The summed E-state index contributed by atoms with van der Waals surface area (Å²) in [6.07, 6.45) is 2.43. The van der Waals surface area contributed by atoms with E-state index >= 15 is 0 Å². The van der Waals surface area contributed by atoms with Crippen LogP contribution in [0.25, 0.3) is 0 Å². The van der Waals surface area contributed by atoms with Gasteiger partial charge in [-0.05, 0) is 32.5 Å². The van der Waals surface area contributed by atoms with Gasteiger partial charge in [0.15, 0.2) is 5.69 Å². The zero-order valence-electron chi connectivity index (χ0n) is 9.27. The highest BCUT2D eigenvalue weighted by atomic mass is 15.3. The van der Waals surface area contributed by atoms with Gasteiger partial charge in [0.2, 0.25) is 0 Å². The number of nitrogens with zero attached hydrogens (tertiary/aromatic N) is 4. The summed E-state index contributed by atoms with van der Waals surface area (Å²) < 4.78 is 1.85. The van der Waals surface area contributed by atoms with Crippen LogP contribution in [0.3, 0.4) is 0 Å². The van der Waals surface area contributed by atoms with Crippen LogP contribution in [0.5, 0.6) is 0 Å². The Hall–Kier alpha value is -1.34. The molecule has 1 saturated heterocycles. The average Bonchev–Trinajstić information content (AvgIpc) is 2.60. The van der Waals surface area contributed by atoms with Crippen molar-refractivity contribution in [2.24, 2.45) is 7.05 Å². The fourth-order valence-electron chi connectivity index (χ4n) is 2.33. The molecule has 80 valence electrons. The summed E-state index contributed by atoms with van der Waals surface area (Å²) in [6, 6.07) is 4.01. The number of hydrogen-bond donors (Lipinski definition) is 0. The van der Waals surface area contributed by atoms with Gasteiger partial charge < -0.3 is 4.90 Å². The van der Waals surface area contributed by atoms with E-state index in [2.05, 4.69) is 23.1 Å². The smallest absolute Gasteiger partial charge is 0.162 e. The lowest BCUT2D eigenvalue weighted by Gasteiger charge is -2.29. The van der Waals surface area contributed by atoms with Crippen molar-refractivity contribution in [3.8, 4) is 6.07 Å². The van der Waals surface area contributed by atoms with Crippen LogP contribution in [-0.2, 0) is 7.05 Å². The van der Waals surface area contributed by atoms with Crippen molar-refractivity contribution >= 4 is 0 Å². The van der Waals surface area contributed by atoms with Crippen LogP contribution in [0.15, 0.2) is 6.07 Å². The molecule has 1 fully saturated rings. The predicted molar refractivity (Wildman–Crippen MR) is 57.4 cm³/mol. The Morgan fingerprint density at radius 1 is 1.53 bits per heavy atom. The molecule has 1 aliphatic heterocycles. The Morgan fingerprint density at radius 3 is 2.93 bits per heavy atom. The molecular weight excluding hydrogens is 188 g/mol. The molecule has 0 aromatic carbocycles. The van der Waals surface area contributed by atoms with E-state index in [-0.39, 0.29) is 0 Å². The molecule has 4 heteroatoms. The second kappa shape index (κ2) is 4.03. The summed E-state index contributed by atoms with van der Waals surface area (Å²) in [4.78, 5) is 2.34. The first-order valence-electron chi connectivity index (χ1n) is 5.33. The van der Waals surface area contributed by atoms with Gasteiger partial charge in [0.25, 0.3) is 0 Å². The summed E-state index contributed by atoms with van der Waals surface area (Å²) in [5.74, 6) is 0.531. The zero-order chi connectivity index (χ0) is 10.8. The molecule has 0 radical (unpaired) electrons. The molecule has 2 heterocycles. The first-order chi connectivity index (χ1) is 7.20. The van der Waals surface area contributed by atoms with Crippen LogP contribution in [-0.4, -0.2) is 34.8 Å². The van der Waals surface area contributed by atoms with Crippen molar-refractivity contribution in [3.63, 3.8) is 0 Å². The second-order valence-corrected chi connectivity index (χ2v) is 4.29. The number of nitriles is 1. The summed E-state index contributed by atoms with van der Waals surface area (Å²) in [5, 5.41) is 13.0. The third-order valence-electron chi connectivity index (χ3n) is 3.07. The Morgan fingerprint density at radius 2 is 2.33 bits per heavy atom. The van der Waals surface area contributed by atoms with Crippen molar-refractivity contribution < 1.29 is 0 Å². The minimum absolute atomic E-state index is 0.528. The predicted octanol–water partition coefficient (Wildman–Crippen LogP) is 1.10. The Kier molecular flexibility index (Phi) is 2.74. The van der Waals surface area contributed by atoms with Gasteiger partial charge >= 0.3 is 0 Å². The minimum Gasteiger partial charge on any atom is -0.306 e. The summed E-state index contributed by atoms with van der Waals surface area (Å²) >= 11 is 0. The minimum atomic E-state index is 0.528. The van der Waals surface area contributed by atoms with Crippen LogP contribution < -0.4 is 0 Å². The molecule has 0 N–H and O–H groups in total. The third-order valence-corrected chi connectivity index (χ3v) is 3.07. The molecule has 1 unspecified atom stereocenters. The zero-order valence-corrected chi connectivity index (χ0v) is 9.27. The molecule has 2 rings (SSSR count). The van der Waals surface area contributed by atoms with E-state index in [1.54, 1.807) is 0 Å². The van der Waals surface area contributed by atoms with Gasteiger partial charge in [0.1, 0.15) is 6.07 Å². The topological polar surface area (TPSA) is 44.9 Å². The van der Waals surface area contributed by atoms with Gasteiger partial charge in [-0.15, -0.1) is 0 Å². The normalized spacial score (nSPS) is 22.6. The van der Waals surface area contributed by atoms with Crippen molar-refractivity contribution in [1.29, 1.82) is 5.26 Å². The number of likely N-dealkylation sites (tertiary alicyclic amines) is 1. The first-order valence-corrected chi connectivity index (χ1v) is 5.33. The van der Waals surface area contributed by atoms with Crippen molar-refractivity contribution in [3.05, 3.63) is 17.5 Å². The van der Waals surface area contributed by atoms with E-state index < -0.39 is 0 Å². The van der Waals surface area contributed by atoms with Crippen LogP contribution >= 0.6 is 0 Å². The number of rotatable bonds is 1. The first kappa shape index (κ1) is 10.2. The Bertz CT molecular complexity index is 388. The maximum Gasteiger partial charge on any atom is 0.162 e. The van der Waals surface area contributed by atoms with E-state index in [4.69, 9.17) is 5.26 Å². The van der Waals surface area contributed by atoms with Crippen LogP contribution in [0.4, 0.5) is 0 Å². The molecule has 0 amide bonds. The lowest BCUT2D eigenvalue weighted by atomic mass is 9.95. The maximum atomic E-state index is 8.79. The highest BCUT2D eigenvalue weighted by Crippen LogP contribution is 2.26. The van der Waals surface area contributed by atoms with Crippen LogP contribution in [0.2, 0.25) is 0 Å². The highest BCUT2D eigenvalue weighted by molar-refractivity contribution is 5.25. The monoisotopic (exact) mass is 204 g/mol. The van der Waals surface area contributed by atoms with Crippen molar-refractivity contribution in [2.75, 3.05) is 20.1 Å². The standard InChI is InChI=1S/C11H16N4/c1-14-5-3-4-9(8-14)11-6-10(7-12)13-15(11)2/h6,9H,3-5,8H2,1-2H3. The molecule has 4 nitrogen and oxygen atoms in total. The molecule has 0 aliphatic carbocycles. The number of piperidine rings is 1. The fraction of sp³-hybridized carbons (Fsp3) is 0.636. The van der Waals surface area contributed by atoms with Crippen molar-refractivity contribution in [2.45, 2.75) is 18.8 Å². The summed E-state index contributed by atoms with van der Waals surface area (Å²) in [5.41, 5.74) is 1.72. The molecule has 1 atom stereocenters. The number of aromatic nitrogens is 2. The fourth-order valence-corrected chi connectivity index (χ4v) is 2.33. The second-order valence-electron chi connectivity index (χ2n) is 4.29. The molecular formula is C11H16N4. The molecule has 1 aliphatic rings. The largest absolute Gasteiger partial charge is 0.306 e. The highest BCUT2D eigenvalue weighted by Gasteiger charge is 2.22. The van der Waals surface area contributed by atoms with Crippen molar-refractivity contribution in [1.82, 2.24) is 14.7 Å². The summed E-state index contributed by atoms with van der Waals surface area (Å²) in [6.45, 7) is 2.25. The number of likely N-dealkylation sites (N-methyl/N-ethyl adjacent to an activating group) is 1. The Labute approximate surface area is 90.1 Å². The van der Waals surface area contributed by atoms with Gasteiger partial charge in [0.05, 0.1) is 0 Å². The third kappa shape index (κ3) is 2.02. The van der Waals surface area contributed by atoms with Gasteiger partial charge in [-0.25, -0.2) is 0 Å². The Balaban J connectivity index is 2.21. The molecule has 0 saturated carbocycles. The number of aryl methyl sites for hydroxylation is 1. The van der Waals surface area contributed by atoms with E-state index in [0.717, 1.165) is 6.54 Å². The van der Waals surface area contributed by atoms with Gasteiger partial charge in [-0.1, -0.05) is 0 Å². The van der Waals surface area contributed by atoms with E-state index in [0.29, 0.717) is 11.6 Å². The quantitative estimate of drug-likeness (QED) is 0.688. The SMILES string of the molecule is CN1CCCC(c2cc(C#N)nn2C)C1. The van der Waals surface area contributed by atoms with E-state index in [1.165, 1.54) is 25.1 Å².